The first-order valence-electron chi connectivity index (χ1n) is 8.95. The molecule has 0 radical (unpaired) electrons. The molecule has 0 aromatic heterocycles. The molecule has 0 aromatic carbocycles. The van der Waals surface area contributed by atoms with Crippen LogP contribution in [0.25, 0.3) is 0 Å². The van der Waals surface area contributed by atoms with Gasteiger partial charge >= 0.3 is 23.9 Å². The number of rotatable bonds is 9. The number of ether oxygens (including phenoxy) is 5. The van der Waals surface area contributed by atoms with Gasteiger partial charge in [0.1, 0.15) is 27.6 Å². The first kappa shape index (κ1) is 26.2. The molecule has 1 saturated heterocycles. The molecule has 1 rings (SSSR count). The van der Waals surface area contributed by atoms with Crippen molar-refractivity contribution in [3.63, 3.8) is 0 Å². The average Bonchev–Trinajstić information content (AvgIpc) is 2.55. The molecule has 0 aliphatic carbocycles. The molecule has 172 valence electrons. The number of carbonyl (C=O) groups excluding carboxylic acids is 4. The van der Waals surface area contributed by atoms with E-state index in [2.05, 4.69) is 11.2 Å². The Morgan fingerprint density at radius 1 is 0.833 bits per heavy atom. The van der Waals surface area contributed by atoms with Gasteiger partial charge in [0, 0.05) is 51.6 Å². The standard InChI is InChI=1S/C17H26O11S2/c1-9(18)23-8-14-16(26-11(3)20)17(27-12(4)21)15(25-10(2)19)13(28-14)6-7-24-30(5,22)29/h13-17H,6-8H2,1-5H3/t13?,14-,15+,16-,17-,30?/m1/s1. The van der Waals surface area contributed by atoms with Gasteiger partial charge in [-0.3, -0.25) is 23.4 Å². The molecule has 0 bridgehead atoms. The highest BCUT2D eigenvalue weighted by atomic mass is 32.8. The predicted molar refractivity (Wildman–Crippen MR) is 104 cm³/mol. The Balaban J connectivity index is 3.25. The zero-order valence-electron chi connectivity index (χ0n) is 17.3. The molecule has 11 nitrogen and oxygen atoms in total. The molecular weight excluding hydrogens is 444 g/mol. The second-order valence-electron chi connectivity index (χ2n) is 6.55. The van der Waals surface area contributed by atoms with Crippen LogP contribution in [0.2, 0.25) is 0 Å². The van der Waals surface area contributed by atoms with Crippen molar-refractivity contribution in [2.45, 2.75) is 64.6 Å². The van der Waals surface area contributed by atoms with Crippen LogP contribution in [0.15, 0.2) is 0 Å². The summed E-state index contributed by atoms with van der Waals surface area (Å²) in [4.78, 5) is 46.2. The molecule has 1 heterocycles. The van der Waals surface area contributed by atoms with E-state index in [1.54, 1.807) is 0 Å². The summed E-state index contributed by atoms with van der Waals surface area (Å²) in [6.45, 7) is 4.16. The maximum absolute atomic E-state index is 11.7. The Hall–Kier alpha value is -1.83. The first-order valence-corrected chi connectivity index (χ1v) is 11.8. The van der Waals surface area contributed by atoms with E-state index in [1.807, 2.05) is 0 Å². The first-order chi connectivity index (χ1) is 13.8. The number of esters is 4. The Morgan fingerprint density at radius 2 is 1.30 bits per heavy atom. The van der Waals surface area contributed by atoms with Gasteiger partial charge in [0.2, 0.25) is 0 Å². The van der Waals surface area contributed by atoms with Crippen molar-refractivity contribution < 1.29 is 51.3 Å². The third-order valence-electron chi connectivity index (χ3n) is 3.79. The third kappa shape index (κ3) is 9.32. The van der Waals surface area contributed by atoms with E-state index >= 15 is 0 Å². The van der Waals surface area contributed by atoms with E-state index in [4.69, 9.17) is 27.9 Å². The van der Waals surface area contributed by atoms with Crippen molar-refractivity contribution in [3.8, 4) is 0 Å². The van der Waals surface area contributed by atoms with Gasteiger partial charge in [0.15, 0.2) is 18.3 Å². The van der Waals surface area contributed by atoms with Crippen molar-refractivity contribution in [1.29, 1.82) is 0 Å². The maximum Gasteiger partial charge on any atom is 0.303 e. The number of carbonyl (C=O) groups is 4. The molecule has 0 N–H and O–H groups in total. The molecule has 2 unspecified atom stereocenters. The molecular formula is C17H26O11S2. The summed E-state index contributed by atoms with van der Waals surface area (Å²) in [5.74, 6) is -2.74. The van der Waals surface area contributed by atoms with Gasteiger partial charge in [-0.05, 0) is 0 Å². The summed E-state index contributed by atoms with van der Waals surface area (Å²) in [7, 11) is -2.91. The van der Waals surface area contributed by atoms with Crippen LogP contribution in [0.1, 0.15) is 34.1 Å². The minimum absolute atomic E-state index is 0.0422. The lowest BCUT2D eigenvalue weighted by molar-refractivity contribution is -0.253. The largest absolute Gasteiger partial charge is 0.463 e. The molecule has 6 atom stereocenters. The van der Waals surface area contributed by atoms with Crippen LogP contribution >= 0.6 is 0 Å². The van der Waals surface area contributed by atoms with Gasteiger partial charge in [-0.2, -0.15) is 0 Å². The average molecular weight is 471 g/mol. The minimum atomic E-state index is -2.91. The minimum Gasteiger partial charge on any atom is -0.463 e. The summed E-state index contributed by atoms with van der Waals surface area (Å²) in [6.07, 6.45) is -4.33. The summed E-state index contributed by atoms with van der Waals surface area (Å²) >= 11 is 4.69. The predicted octanol–water partition coefficient (Wildman–Crippen LogP) is -0.190. The van der Waals surface area contributed by atoms with Crippen molar-refractivity contribution in [3.05, 3.63) is 0 Å². The summed E-state index contributed by atoms with van der Waals surface area (Å²) in [6, 6.07) is 0. The molecule has 0 saturated carbocycles. The van der Waals surface area contributed by atoms with E-state index in [-0.39, 0.29) is 19.6 Å². The lowest BCUT2D eigenvalue weighted by Gasteiger charge is -2.44. The molecule has 0 spiro atoms. The molecule has 30 heavy (non-hydrogen) atoms. The van der Waals surface area contributed by atoms with Gasteiger partial charge in [-0.15, -0.1) is 0 Å². The smallest absolute Gasteiger partial charge is 0.303 e. The van der Waals surface area contributed by atoms with Gasteiger partial charge in [0.25, 0.3) is 0 Å². The van der Waals surface area contributed by atoms with Crippen LogP contribution < -0.4 is 0 Å². The third-order valence-corrected chi connectivity index (χ3v) is 4.67. The lowest BCUT2D eigenvalue weighted by atomic mass is 9.92. The van der Waals surface area contributed by atoms with Crippen LogP contribution in [0.5, 0.6) is 0 Å². The Labute approximate surface area is 179 Å². The second kappa shape index (κ2) is 11.5. The normalized spacial score (nSPS) is 28.0. The summed E-state index contributed by atoms with van der Waals surface area (Å²) in [5.41, 5.74) is 0. The van der Waals surface area contributed by atoms with Crippen molar-refractivity contribution >= 4 is 43.8 Å². The molecule has 1 aliphatic rings. The zero-order chi connectivity index (χ0) is 23.1. The number of hydrogen-bond donors (Lipinski definition) is 0. The summed E-state index contributed by atoms with van der Waals surface area (Å²) in [5, 5.41) is 0. The van der Waals surface area contributed by atoms with Gasteiger partial charge < -0.3 is 23.7 Å². The fraction of sp³-hybridized carbons (Fsp3) is 0.765. The Bertz CT molecular complexity index is 749. The molecule has 13 heteroatoms. The fourth-order valence-electron chi connectivity index (χ4n) is 2.87. The van der Waals surface area contributed by atoms with E-state index in [9.17, 15) is 23.4 Å². The topological polar surface area (TPSA) is 141 Å². The highest BCUT2D eigenvalue weighted by molar-refractivity contribution is 8.29. The highest BCUT2D eigenvalue weighted by Gasteiger charge is 2.51. The van der Waals surface area contributed by atoms with E-state index < -0.39 is 63.2 Å². The van der Waals surface area contributed by atoms with Gasteiger partial charge in [-0.1, -0.05) is 0 Å². The maximum atomic E-state index is 11.7. The van der Waals surface area contributed by atoms with Crippen molar-refractivity contribution in [1.82, 2.24) is 0 Å². The SMILES string of the molecule is CC(=O)OC[C@H]1OC(CCOS(C)(=O)=S)[C@H](OC(C)=O)[C@@H](OC(C)=O)[C@@H]1OC(C)=O. The highest BCUT2D eigenvalue weighted by Crippen LogP contribution is 2.30. The molecule has 0 amide bonds. The monoisotopic (exact) mass is 470 g/mol. The second-order valence-corrected chi connectivity index (χ2v) is 10.0. The Morgan fingerprint density at radius 3 is 1.73 bits per heavy atom. The van der Waals surface area contributed by atoms with E-state index in [0.717, 1.165) is 20.8 Å². The molecule has 1 aliphatic heterocycles. The van der Waals surface area contributed by atoms with E-state index in [1.165, 1.54) is 13.2 Å². The zero-order valence-corrected chi connectivity index (χ0v) is 18.9. The van der Waals surface area contributed by atoms with E-state index in [0.29, 0.717) is 0 Å². The molecule has 1 fully saturated rings. The van der Waals surface area contributed by atoms with Crippen LogP contribution in [-0.4, -0.2) is 78.1 Å². The van der Waals surface area contributed by atoms with Gasteiger partial charge in [0.05, 0.1) is 6.61 Å². The van der Waals surface area contributed by atoms with Crippen molar-refractivity contribution in [2.75, 3.05) is 19.5 Å². The van der Waals surface area contributed by atoms with Crippen LogP contribution in [0.3, 0.4) is 0 Å². The fourth-order valence-corrected chi connectivity index (χ4v) is 3.47. The van der Waals surface area contributed by atoms with Crippen LogP contribution in [0, 0.1) is 0 Å². The van der Waals surface area contributed by atoms with Gasteiger partial charge in [-0.25, -0.2) is 4.21 Å². The van der Waals surface area contributed by atoms with Crippen LogP contribution in [0.4, 0.5) is 0 Å². The van der Waals surface area contributed by atoms with Crippen molar-refractivity contribution in [2.24, 2.45) is 0 Å². The number of hydrogen-bond acceptors (Lipinski definition) is 12. The Kier molecular flexibility index (Phi) is 10.1. The summed E-state index contributed by atoms with van der Waals surface area (Å²) < 4.78 is 43.3. The quantitative estimate of drug-likeness (QED) is 0.326. The molecule has 0 aromatic rings. The van der Waals surface area contributed by atoms with Crippen LogP contribution in [-0.2, 0) is 67.0 Å². The lowest BCUT2D eigenvalue weighted by Crippen LogP contribution is -2.62.